The minimum absolute atomic E-state index is 0.145. The lowest BCUT2D eigenvalue weighted by Gasteiger charge is -2.28. The van der Waals surface area contributed by atoms with Gasteiger partial charge in [-0.2, -0.15) is 0 Å². The first kappa shape index (κ1) is 15.6. The van der Waals surface area contributed by atoms with E-state index < -0.39 is 0 Å². The number of piperidine rings is 1. The molecule has 2 unspecified atom stereocenters. The lowest BCUT2D eigenvalue weighted by molar-refractivity contribution is -0.117. The zero-order valence-corrected chi connectivity index (χ0v) is 14.4. The summed E-state index contributed by atoms with van der Waals surface area (Å²) in [7, 11) is 0. The van der Waals surface area contributed by atoms with Crippen LogP contribution < -0.4 is 10.6 Å². The number of hydrogen-bond acceptors (Lipinski definition) is 2. The lowest BCUT2D eigenvalue weighted by atomic mass is 9.85. The first-order valence-electron chi connectivity index (χ1n) is 9.26. The van der Waals surface area contributed by atoms with E-state index in [-0.39, 0.29) is 5.91 Å². The molecular weight excluding hydrogens is 296 g/mol. The molecule has 0 aromatic heterocycles. The number of anilines is 1. The van der Waals surface area contributed by atoms with E-state index in [1.165, 1.54) is 34.7 Å². The number of hydrogen-bond donors (Lipinski definition) is 2. The number of amides is 1. The summed E-state index contributed by atoms with van der Waals surface area (Å²) in [6, 6.07) is 10.7. The van der Waals surface area contributed by atoms with Crippen LogP contribution in [0.3, 0.4) is 0 Å². The molecule has 2 atom stereocenters. The summed E-state index contributed by atoms with van der Waals surface area (Å²) in [5, 5.41) is 9.19. The van der Waals surface area contributed by atoms with Crippen molar-refractivity contribution in [3.8, 4) is 0 Å². The molecule has 0 saturated carbocycles. The Labute approximate surface area is 143 Å². The highest BCUT2D eigenvalue weighted by Crippen LogP contribution is 2.35. The van der Waals surface area contributed by atoms with Crippen LogP contribution in [0, 0.1) is 11.8 Å². The number of benzene rings is 2. The minimum Gasteiger partial charge on any atom is -0.326 e. The van der Waals surface area contributed by atoms with E-state index in [0.29, 0.717) is 18.3 Å². The van der Waals surface area contributed by atoms with Crippen molar-refractivity contribution < 1.29 is 4.79 Å². The molecule has 2 aromatic carbocycles. The highest BCUT2D eigenvalue weighted by Gasteiger charge is 2.23. The van der Waals surface area contributed by atoms with Crippen molar-refractivity contribution in [1.29, 1.82) is 0 Å². The molecule has 2 aliphatic rings. The zero-order chi connectivity index (χ0) is 16.5. The molecule has 2 aromatic rings. The van der Waals surface area contributed by atoms with Gasteiger partial charge >= 0.3 is 0 Å². The Balaban J connectivity index is 1.49. The molecule has 1 amide bonds. The predicted molar refractivity (Wildman–Crippen MR) is 99.4 cm³/mol. The molecule has 3 nitrogen and oxygen atoms in total. The summed E-state index contributed by atoms with van der Waals surface area (Å²) in [6.45, 7) is 4.39. The van der Waals surface area contributed by atoms with Crippen LogP contribution in [0.5, 0.6) is 0 Å². The Kier molecular flexibility index (Phi) is 4.28. The Hall–Kier alpha value is -1.87. The van der Waals surface area contributed by atoms with Crippen molar-refractivity contribution in [3.05, 3.63) is 41.5 Å². The second-order valence-electron chi connectivity index (χ2n) is 7.45. The number of aryl methyl sites for hydroxylation is 2. The van der Waals surface area contributed by atoms with Crippen LogP contribution in [-0.2, 0) is 17.6 Å². The standard InChI is InChI=1S/C21H26N2O/c1-14(17-5-3-11-22-13-17)12-20(24)23-19-10-9-16-8-7-15-4-2-6-18(19)21(15)16/h2,4,6,9-10,14,17,22H,3,5,7-8,11-13H2,1H3,(H,23,24). The zero-order valence-electron chi connectivity index (χ0n) is 14.4. The number of carbonyl (C=O) groups is 1. The van der Waals surface area contributed by atoms with Crippen molar-refractivity contribution in [2.24, 2.45) is 11.8 Å². The predicted octanol–water partition coefficient (Wildman–Crippen LogP) is 3.90. The molecule has 0 spiro atoms. The van der Waals surface area contributed by atoms with Crippen LogP contribution in [0.1, 0.15) is 37.3 Å². The average Bonchev–Trinajstić information content (AvgIpc) is 3.03. The first-order chi connectivity index (χ1) is 11.7. The van der Waals surface area contributed by atoms with Gasteiger partial charge in [-0.3, -0.25) is 4.79 Å². The van der Waals surface area contributed by atoms with Crippen LogP contribution in [0.25, 0.3) is 10.8 Å². The van der Waals surface area contributed by atoms with Gasteiger partial charge in [-0.15, -0.1) is 0 Å². The monoisotopic (exact) mass is 322 g/mol. The van der Waals surface area contributed by atoms with Crippen LogP contribution in [0.2, 0.25) is 0 Å². The molecule has 0 radical (unpaired) electrons. The highest BCUT2D eigenvalue weighted by molar-refractivity contribution is 6.05. The fraction of sp³-hybridized carbons (Fsp3) is 0.476. The van der Waals surface area contributed by atoms with Gasteiger partial charge < -0.3 is 10.6 Å². The van der Waals surface area contributed by atoms with E-state index in [1.54, 1.807) is 0 Å². The van der Waals surface area contributed by atoms with Gasteiger partial charge in [-0.25, -0.2) is 0 Å². The number of nitrogens with one attached hydrogen (secondary N) is 2. The molecule has 4 rings (SSSR count). The van der Waals surface area contributed by atoms with Gasteiger partial charge in [0, 0.05) is 17.5 Å². The lowest BCUT2D eigenvalue weighted by Crippen LogP contribution is -2.34. The molecule has 1 heterocycles. The first-order valence-corrected chi connectivity index (χ1v) is 9.26. The van der Waals surface area contributed by atoms with Gasteiger partial charge in [0.2, 0.25) is 5.91 Å². The molecule has 1 saturated heterocycles. The summed E-state index contributed by atoms with van der Waals surface area (Å²) in [5.74, 6) is 1.19. The molecule has 3 heteroatoms. The SMILES string of the molecule is CC(CC(=O)Nc1ccc2c3c(cccc13)CC2)C1CCCNC1. The fourth-order valence-corrected chi connectivity index (χ4v) is 4.38. The molecular formula is C21H26N2O. The number of rotatable bonds is 4. The topological polar surface area (TPSA) is 41.1 Å². The fourth-order valence-electron chi connectivity index (χ4n) is 4.38. The quantitative estimate of drug-likeness (QED) is 0.896. The molecule has 126 valence electrons. The van der Waals surface area contributed by atoms with Crippen LogP contribution >= 0.6 is 0 Å². The maximum atomic E-state index is 12.6. The Morgan fingerprint density at radius 3 is 2.88 bits per heavy atom. The van der Waals surface area contributed by atoms with Gasteiger partial charge in [-0.1, -0.05) is 31.2 Å². The molecule has 1 fully saturated rings. The van der Waals surface area contributed by atoms with E-state index in [2.05, 4.69) is 47.9 Å². The van der Waals surface area contributed by atoms with E-state index in [0.717, 1.165) is 31.6 Å². The third-order valence-electron chi connectivity index (χ3n) is 5.80. The summed E-state index contributed by atoms with van der Waals surface area (Å²) in [6.07, 6.45) is 5.31. The van der Waals surface area contributed by atoms with Gasteiger partial charge in [0.15, 0.2) is 0 Å². The summed E-state index contributed by atoms with van der Waals surface area (Å²) < 4.78 is 0. The van der Waals surface area contributed by atoms with Crippen molar-refractivity contribution in [2.45, 2.75) is 39.0 Å². The van der Waals surface area contributed by atoms with Gasteiger partial charge in [0.1, 0.15) is 0 Å². The smallest absolute Gasteiger partial charge is 0.224 e. The van der Waals surface area contributed by atoms with E-state index >= 15 is 0 Å². The van der Waals surface area contributed by atoms with Crippen molar-refractivity contribution in [3.63, 3.8) is 0 Å². The Morgan fingerprint density at radius 1 is 1.25 bits per heavy atom. The highest BCUT2D eigenvalue weighted by atomic mass is 16.1. The van der Waals surface area contributed by atoms with Crippen molar-refractivity contribution in [2.75, 3.05) is 18.4 Å². The van der Waals surface area contributed by atoms with Crippen LogP contribution in [0.15, 0.2) is 30.3 Å². The van der Waals surface area contributed by atoms with E-state index in [4.69, 9.17) is 0 Å². The maximum absolute atomic E-state index is 12.6. The molecule has 2 N–H and O–H groups in total. The normalized spacial score (nSPS) is 21.0. The average molecular weight is 322 g/mol. The Bertz CT molecular complexity index is 752. The van der Waals surface area contributed by atoms with Crippen molar-refractivity contribution in [1.82, 2.24) is 5.32 Å². The van der Waals surface area contributed by atoms with Crippen molar-refractivity contribution >= 4 is 22.4 Å². The third kappa shape index (κ3) is 2.93. The van der Waals surface area contributed by atoms with E-state index in [1.807, 2.05) is 0 Å². The maximum Gasteiger partial charge on any atom is 0.224 e. The minimum atomic E-state index is 0.145. The molecule has 1 aliphatic heterocycles. The Morgan fingerprint density at radius 2 is 2.08 bits per heavy atom. The molecule has 0 bridgehead atoms. The van der Waals surface area contributed by atoms with E-state index in [9.17, 15) is 4.79 Å². The van der Waals surface area contributed by atoms with Gasteiger partial charge in [0.05, 0.1) is 0 Å². The summed E-state index contributed by atoms with van der Waals surface area (Å²) in [5.41, 5.74) is 3.80. The van der Waals surface area contributed by atoms with Crippen LogP contribution in [0.4, 0.5) is 5.69 Å². The molecule has 1 aliphatic carbocycles. The molecule has 24 heavy (non-hydrogen) atoms. The number of carbonyl (C=O) groups excluding carboxylic acids is 1. The largest absolute Gasteiger partial charge is 0.326 e. The second-order valence-corrected chi connectivity index (χ2v) is 7.45. The second kappa shape index (κ2) is 6.56. The van der Waals surface area contributed by atoms with Crippen LogP contribution in [-0.4, -0.2) is 19.0 Å². The third-order valence-corrected chi connectivity index (χ3v) is 5.80. The van der Waals surface area contributed by atoms with Gasteiger partial charge in [0.25, 0.3) is 0 Å². The van der Waals surface area contributed by atoms with Gasteiger partial charge in [-0.05, 0) is 73.2 Å². The summed E-state index contributed by atoms with van der Waals surface area (Å²) in [4.78, 5) is 12.6. The summed E-state index contributed by atoms with van der Waals surface area (Å²) >= 11 is 0.